The van der Waals surface area contributed by atoms with Crippen LogP contribution in [-0.4, -0.2) is 24.7 Å². The Morgan fingerprint density at radius 1 is 1.75 bits per heavy atom. The van der Waals surface area contributed by atoms with Crippen LogP contribution in [-0.2, 0) is 4.79 Å². The molecule has 1 amide bonds. The lowest BCUT2D eigenvalue weighted by molar-refractivity contribution is -0.116. The largest absolute Gasteiger partial charge is 0.277 e. The van der Waals surface area contributed by atoms with Crippen LogP contribution >= 0.6 is 0 Å². The summed E-state index contributed by atoms with van der Waals surface area (Å²) in [5.41, 5.74) is 0. The van der Waals surface area contributed by atoms with Crippen LogP contribution in [0.2, 0.25) is 0 Å². The molecule has 0 fully saturated rings. The lowest BCUT2D eigenvalue weighted by Gasteiger charge is -1.97. The Kier molecular flexibility index (Phi) is 3.84. The summed E-state index contributed by atoms with van der Waals surface area (Å²) in [5, 5.41) is 4.93. The number of amides is 1. The van der Waals surface area contributed by atoms with Gasteiger partial charge >= 0.3 is 0 Å². The van der Waals surface area contributed by atoms with E-state index >= 15 is 0 Å². The molecule has 0 bridgehead atoms. The first-order valence-corrected chi connectivity index (χ1v) is 2.51. The average molecular weight is 114 g/mol. The lowest BCUT2D eigenvalue weighted by Crippen LogP contribution is -2.06. The smallest absolute Gasteiger partial charge is 0.229 e. The third-order valence-corrected chi connectivity index (χ3v) is 0.599. The van der Waals surface area contributed by atoms with Crippen molar-refractivity contribution >= 4 is 12.6 Å². The van der Waals surface area contributed by atoms with Crippen LogP contribution in [0.3, 0.4) is 0 Å². The SMILES string of the molecule is CCC=NN(C)C=O. The van der Waals surface area contributed by atoms with Gasteiger partial charge < -0.3 is 0 Å². The molecular formula is C5H10N2O. The maximum absolute atomic E-state index is 9.82. The van der Waals surface area contributed by atoms with E-state index in [2.05, 4.69) is 5.10 Å². The lowest BCUT2D eigenvalue weighted by atomic mass is 10.6. The van der Waals surface area contributed by atoms with Gasteiger partial charge in [0.1, 0.15) is 0 Å². The highest BCUT2D eigenvalue weighted by molar-refractivity contribution is 5.58. The van der Waals surface area contributed by atoms with Crippen LogP contribution in [0.1, 0.15) is 13.3 Å². The Balaban J connectivity index is 3.35. The minimum absolute atomic E-state index is 0.659. The number of hydrogen-bond acceptors (Lipinski definition) is 2. The topological polar surface area (TPSA) is 32.7 Å². The maximum Gasteiger partial charge on any atom is 0.229 e. The van der Waals surface area contributed by atoms with E-state index in [0.29, 0.717) is 6.41 Å². The van der Waals surface area contributed by atoms with Crippen molar-refractivity contribution in [2.45, 2.75) is 13.3 Å². The Bertz CT molecular complexity index is 90.4. The van der Waals surface area contributed by atoms with E-state index in [9.17, 15) is 4.79 Å². The summed E-state index contributed by atoms with van der Waals surface area (Å²) in [7, 11) is 1.60. The van der Waals surface area contributed by atoms with Gasteiger partial charge in [0.2, 0.25) is 6.41 Å². The summed E-state index contributed by atoms with van der Waals surface area (Å²) in [6.45, 7) is 1.96. The molecule has 0 aliphatic carbocycles. The predicted octanol–water partition coefficient (Wildman–Crippen LogP) is 0.470. The molecule has 0 aromatic heterocycles. The highest BCUT2D eigenvalue weighted by atomic mass is 16.1. The molecular weight excluding hydrogens is 104 g/mol. The van der Waals surface area contributed by atoms with Crippen molar-refractivity contribution in [2.75, 3.05) is 7.05 Å². The number of hydrogen-bond donors (Lipinski definition) is 0. The monoisotopic (exact) mass is 114 g/mol. The Morgan fingerprint density at radius 3 is 2.75 bits per heavy atom. The van der Waals surface area contributed by atoms with Crippen molar-refractivity contribution in [3.8, 4) is 0 Å². The molecule has 0 N–H and O–H groups in total. The molecule has 0 saturated heterocycles. The second kappa shape index (κ2) is 4.30. The molecule has 8 heavy (non-hydrogen) atoms. The van der Waals surface area contributed by atoms with Crippen molar-refractivity contribution in [1.82, 2.24) is 5.01 Å². The highest BCUT2D eigenvalue weighted by Gasteiger charge is 1.79. The van der Waals surface area contributed by atoms with Gasteiger partial charge in [-0.1, -0.05) is 6.92 Å². The molecule has 0 aliphatic rings. The number of nitrogens with zero attached hydrogens (tertiary/aromatic N) is 2. The molecule has 0 aliphatic heterocycles. The summed E-state index contributed by atoms with van der Waals surface area (Å²) in [5.74, 6) is 0. The normalized spacial score (nSPS) is 9.75. The van der Waals surface area contributed by atoms with Crippen LogP contribution in [0, 0.1) is 0 Å². The number of hydrazone groups is 1. The van der Waals surface area contributed by atoms with Crippen molar-refractivity contribution in [2.24, 2.45) is 5.10 Å². The van der Waals surface area contributed by atoms with Crippen molar-refractivity contribution in [3.05, 3.63) is 0 Å². The van der Waals surface area contributed by atoms with E-state index in [-0.39, 0.29) is 0 Å². The molecule has 0 spiro atoms. The van der Waals surface area contributed by atoms with E-state index in [1.807, 2.05) is 6.92 Å². The average Bonchev–Trinajstić information content (AvgIpc) is 1.83. The Morgan fingerprint density at radius 2 is 2.38 bits per heavy atom. The van der Waals surface area contributed by atoms with Crippen LogP contribution in [0.15, 0.2) is 5.10 Å². The summed E-state index contributed by atoms with van der Waals surface area (Å²) < 4.78 is 0. The summed E-state index contributed by atoms with van der Waals surface area (Å²) in [6, 6.07) is 0. The summed E-state index contributed by atoms with van der Waals surface area (Å²) in [4.78, 5) is 9.82. The molecule has 0 unspecified atom stereocenters. The molecule has 0 aromatic rings. The first-order chi connectivity index (χ1) is 3.81. The zero-order chi connectivity index (χ0) is 6.41. The van der Waals surface area contributed by atoms with Crippen LogP contribution < -0.4 is 0 Å². The first-order valence-electron chi connectivity index (χ1n) is 2.51. The van der Waals surface area contributed by atoms with Gasteiger partial charge in [-0.05, 0) is 6.42 Å². The van der Waals surface area contributed by atoms with E-state index in [0.717, 1.165) is 6.42 Å². The molecule has 0 atom stereocenters. The minimum Gasteiger partial charge on any atom is -0.277 e. The molecule has 0 aromatic carbocycles. The number of carbonyl (C=O) groups is 1. The second-order valence-electron chi connectivity index (χ2n) is 1.39. The van der Waals surface area contributed by atoms with E-state index in [1.54, 1.807) is 13.3 Å². The number of carbonyl (C=O) groups excluding carboxylic acids is 1. The zero-order valence-corrected chi connectivity index (χ0v) is 5.16. The Labute approximate surface area is 49.0 Å². The fourth-order valence-corrected chi connectivity index (χ4v) is 0.238. The van der Waals surface area contributed by atoms with Crippen LogP contribution in [0.5, 0.6) is 0 Å². The quantitative estimate of drug-likeness (QED) is 0.298. The standard InChI is InChI=1S/C5H10N2O/c1-3-4-6-7(2)5-8/h4-5H,3H2,1-2H3. The third-order valence-electron chi connectivity index (χ3n) is 0.599. The van der Waals surface area contributed by atoms with Gasteiger partial charge in [0, 0.05) is 13.3 Å². The van der Waals surface area contributed by atoms with Crippen LogP contribution in [0.25, 0.3) is 0 Å². The summed E-state index contributed by atoms with van der Waals surface area (Å²) in [6.07, 6.45) is 3.19. The van der Waals surface area contributed by atoms with Crippen molar-refractivity contribution in [1.29, 1.82) is 0 Å². The second-order valence-corrected chi connectivity index (χ2v) is 1.39. The van der Waals surface area contributed by atoms with E-state index < -0.39 is 0 Å². The van der Waals surface area contributed by atoms with Gasteiger partial charge in [0.25, 0.3) is 0 Å². The van der Waals surface area contributed by atoms with Gasteiger partial charge in [0.15, 0.2) is 0 Å². The number of rotatable bonds is 3. The van der Waals surface area contributed by atoms with Gasteiger partial charge in [-0.3, -0.25) is 4.79 Å². The van der Waals surface area contributed by atoms with Crippen molar-refractivity contribution < 1.29 is 4.79 Å². The molecule has 3 nitrogen and oxygen atoms in total. The molecule has 0 rings (SSSR count). The van der Waals surface area contributed by atoms with Crippen LogP contribution in [0.4, 0.5) is 0 Å². The van der Waals surface area contributed by atoms with Gasteiger partial charge in [-0.15, -0.1) is 0 Å². The van der Waals surface area contributed by atoms with Gasteiger partial charge in [-0.2, -0.15) is 5.10 Å². The predicted molar refractivity (Wildman–Crippen MR) is 32.6 cm³/mol. The molecule has 46 valence electrons. The fraction of sp³-hybridized carbons (Fsp3) is 0.600. The summed E-state index contributed by atoms with van der Waals surface area (Å²) >= 11 is 0. The molecule has 0 heterocycles. The van der Waals surface area contributed by atoms with Gasteiger partial charge in [-0.25, -0.2) is 5.01 Å². The third kappa shape index (κ3) is 3.33. The van der Waals surface area contributed by atoms with E-state index in [1.165, 1.54) is 5.01 Å². The Hall–Kier alpha value is -0.860. The zero-order valence-electron chi connectivity index (χ0n) is 5.16. The minimum atomic E-state index is 0.659. The highest BCUT2D eigenvalue weighted by Crippen LogP contribution is 1.74. The molecule has 0 radical (unpaired) electrons. The van der Waals surface area contributed by atoms with Crippen molar-refractivity contribution in [3.63, 3.8) is 0 Å². The molecule has 3 heteroatoms. The maximum atomic E-state index is 9.82. The molecule has 0 saturated carbocycles. The first kappa shape index (κ1) is 7.14. The van der Waals surface area contributed by atoms with Gasteiger partial charge in [0.05, 0.1) is 0 Å². The fourth-order valence-electron chi connectivity index (χ4n) is 0.238. The van der Waals surface area contributed by atoms with E-state index in [4.69, 9.17) is 0 Å².